The van der Waals surface area contributed by atoms with E-state index in [0.29, 0.717) is 37.7 Å². The molecule has 4 N–H and O–H groups in total. The quantitative estimate of drug-likeness (QED) is 0.00472. The number of ether oxygens (including phenoxy) is 6. The Balaban J connectivity index is 0.000000212. The number of aliphatic carboxylic acids is 1. The van der Waals surface area contributed by atoms with Crippen molar-refractivity contribution in [2.75, 3.05) is 24.3 Å². The van der Waals surface area contributed by atoms with Gasteiger partial charge >= 0.3 is 42.0 Å². The Kier molecular flexibility index (Phi) is 46.8. The van der Waals surface area contributed by atoms with Gasteiger partial charge in [-0.1, -0.05) is 170 Å². The van der Waals surface area contributed by atoms with E-state index in [4.69, 9.17) is 72.4 Å². The third-order valence-electron chi connectivity index (χ3n) is 22.8. The summed E-state index contributed by atoms with van der Waals surface area (Å²) in [7, 11) is 0. The van der Waals surface area contributed by atoms with E-state index < -0.39 is 29.6 Å². The van der Waals surface area contributed by atoms with Crippen molar-refractivity contribution in [1.82, 2.24) is 9.97 Å². The number of isocyanates is 1. The Bertz CT molecular complexity index is 6200. The molecular formula is C113H117BCl2F7N4O17. The molecular weight excluding hydrogens is 1900 g/mol. The van der Waals surface area contributed by atoms with Gasteiger partial charge in [0.05, 0.1) is 36.2 Å². The van der Waals surface area contributed by atoms with Crippen molar-refractivity contribution >= 4 is 113 Å². The highest BCUT2D eigenvalue weighted by Gasteiger charge is 2.48. The van der Waals surface area contributed by atoms with Crippen molar-refractivity contribution in [1.29, 1.82) is 0 Å². The Labute approximate surface area is 845 Å². The van der Waals surface area contributed by atoms with Crippen LogP contribution in [0.5, 0.6) is 0 Å². The van der Waals surface area contributed by atoms with Gasteiger partial charge in [-0.25, -0.2) is 27.3 Å². The minimum atomic E-state index is -4.64. The molecule has 1 saturated heterocycles. The van der Waals surface area contributed by atoms with Crippen LogP contribution in [0.25, 0.3) is 21.5 Å². The predicted molar refractivity (Wildman–Crippen MR) is 537 cm³/mol. The number of nitrogen functional groups attached to an aromatic ring is 1. The molecule has 10 aromatic carbocycles. The summed E-state index contributed by atoms with van der Waals surface area (Å²) in [6.07, 6.45) is 11.1. The smallest absolute Gasteiger partial charge is 0.446 e. The lowest BCUT2D eigenvalue weighted by molar-refractivity contribution is -0.157. The molecule has 3 heterocycles. The third kappa shape index (κ3) is 42.9. The Morgan fingerprint density at radius 1 is 0.451 bits per heavy atom. The Hall–Kier alpha value is -13.6. The number of aldehydes is 1. The van der Waals surface area contributed by atoms with E-state index in [2.05, 4.69) is 21.0 Å². The van der Waals surface area contributed by atoms with Crippen LogP contribution in [0.1, 0.15) is 195 Å². The summed E-state index contributed by atoms with van der Waals surface area (Å²) in [4.78, 5) is 113. The number of carboxylic acids is 1. The van der Waals surface area contributed by atoms with Crippen LogP contribution in [0, 0.1) is 46.9 Å². The van der Waals surface area contributed by atoms with Gasteiger partial charge in [0, 0.05) is 94.5 Å². The number of carbonyl (C=O) groups excluding carboxylic acids is 8. The lowest BCUT2D eigenvalue weighted by Crippen LogP contribution is -2.25. The number of benzene rings is 10. The monoisotopic (exact) mass is 2020 g/mol. The highest BCUT2D eigenvalue weighted by atomic mass is 35.5. The number of hydrogen-bond donors (Lipinski definition) is 3. The average Bonchev–Trinajstić information content (AvgIpc) is 1.64. The molecule has 0 amide bonds. The van der Waals surface area contributed by atoms with E-state index in [9.17, 15) is 69.1 Å². The molecule has 3 radical (unpaired) electrons. The lowest BCUT2D eigenvalue weighted by atomic mass is 10.0. The van der Waals surface area contributed by atoms with Crippen LogP contribution in [0.3, 0.4) is 0 Å². The molecule has 0 bridgehead atoms. The fraction of sp³-hybridized carbons (Fsp3) is 0.336. The van der Waals surface area contributed by atoms with Gasteiger partial charge in [-0.2, -0.15) is 13.2 Å². The number of Topliss-reactive ketones (excluding diaryl/α,β-unsaturated/α-hetero) is 1. The van der Waals surface area contributed by atoms with Crippen molar-refractivity contribution in [2.24, 2.45) is 28.7 Å². The van der Waals surface area contributed by atoms with Crippen LogP contribution in [0.4, 0.5) is 36.4 Å². The number of aliphatic hydroxyl groups is 1. The van der Waals surface area contributed by atoms with E-state index in [0.717, 1.165) is 126 Å². The predicted octanol–water partition coefficient (Wildman–Crippen LogP) is 23.3. The van der Waals surface area contributed by atoms with Crippen molar-refractivity contribution in [3.8, 4) is 0 Å². The number of rotatable bonds is 28. The number of carboxylic acid groups (broad SMARTS) is 1. The van der Waals surface area contributed by atoms with Gasteiger partial charge in [-0.3, -0.25) is 48.3 Å². The number of fused-ring (bicyclic) bond motifs is 2. The number of esters is 5. The second-order valence-corrected chi connectivity index (χ2v) is 37.3. The maximum atomic E-state index is 13.2. The molecule has 21 nitrogen and oxygen atoms in total. The number of nitrogens with two attached hydrogens (primary N) is 1. The largest absolute Gasteiger partial charge is 0.481 e. The number of aryl methyl sites for hydroxylation is 3. The molecule has 31 heteroatoms. The standard InChI is InChI=1S/C30H26FNO3.C24H27FO4.C20H19FO4.C15H20O3.C9H8N2.C8H6FNO.C4H8O.C2HF3O.CH2Cl2.B/c31-26-3-1-2-20(15-26)7-11-30(34)35-19-21-4-8-23(9-5-21)27-17-28(27)29(33)16-22-6-10-25-18-32-13-12-24(25)14-22;1-24(2,3)29-23(27)21-14-20(21)18-10-7-17(8-11-18)15-28-22(26)12-9-16-5-4-6-19(25)13-16;21-16-3-1-2-13(10-16)6-9-19(22)25-12-14-4-7-15(8-5-14)17-11-18(17)20(23)24;1-15(2,3)18-14(17)13-8-12(13)11-6-4-10(9-16)5-7-11;10-9-2-1-8-6-11-4-3-7(8)5-9;9-8-3-1-2-7(4-8)5-10-6-11;1-2-4-5-3-1;3-2(4,5)1-6;2-1-3;/h1-6,8-10,12-15,18,27-28H,7,11,16-17,19H2;4-8,10-11,13,20-21H,9,12,14-15H2,1-3H3;1-5,7-8,10,17-18H,6,9,11-12H2,(H,23,24);4-7,12-13,16H,8-9H2,1-3H3;1-6H,10H2;1-4H,5H2;1-4H2;1H;1H2;/t27-,28+;20-,21+;17-,18+;12-,13+;;;;;;/m0000....../s1. The van der Waals surface area contributed by atoms with Crippen LogP contribution in [-0.4, -0.2) is 118 Å². The van der Waals surface area contributed by atoms with Gasteiger partial charge in [-0.05, 0) is 279 Å². The molecule has 17 rings (SSSR count). The first-order valence-electron chi connectivity index (χ1n) is 46.7. The van der Waals surface area contributed by atoms with Crippen LogP contribution >= 0.6 is 23.2 Å². The number of anilines is 1. The maximum Gasteiger partial charge on any atom is 0.446 e. The SMILES string of the molecule is C1CCOC1.CC(C)(C)OC(=O)[C@@H]1C[C@H]1c1ccc(CO)cc1.CC(C)(C)OC(=O)[C@@H]1C[C@H]1c1ccc(COC(=O)CCc2cccc(F)c2)cc1.ClCCl.Nc1ccc2cnccc2c1.O=C(CCc1cccc(F)c1)OCc1ccc([C@@H]2C[C@H]2C(=O)Cc2ccc3cnccc3c2)cc1.O=C(CCc1cccc(F)c1)OCc1ccc([C@@H]2C[C@H]2C(=O)O)cc1.O=C=NCc1cccc(F)c1.O=CC(F)(F)F.[B]. The molecule has 144 heavy (non-hydrogen) atoms. The van der Waals surface area contributed by atoms with Crippen LogP contribution < -0.4 is 5.73 Å². The van der Waals surface area contributed by atoms with Crippen LogP contribution in [0.15, 0.2) is 272 Å². The summed E-state index contributed by atoms with van der Waals surface area (Å²) < 4.78 is 115. The molecule has 757 valence electrons. The van der Waals surface area contributed by atoms with Crippen molar-refractivity contribution in [2.45, 2.75) is 199 Å². The minimum Gasteiger partial charge on any atom is -0.481 e. The highest BCUT2D eigenvalue weighted by Crippen LogP contribution is 2.51. The zero-order valence-electron chi connectivity index (χ0n) is 80.9. The molecule has 0 unspecified atom stereocenters. The summed E-state index contributed by atoms with van der Waals surface area (Å²) in [5.41, 5.74) is 17.5. The third-order valence-corrected chi connectivity index (χ3v) is 22.8. The second kappa shape index (κ2) is 58.3. The number of nitrogens with zero attached hydrogens (tertiary/aromatic N) is 3. The van der Waals surface area contributed by atoms with E-state index >= 15 is 0 Å². The number of carbonyl (C=O) groups is 8. The first-order chi connectivity index (χ1) is 68.3. The van der Waals surface area contributed by atoms with E-state index in [-0.39, 0.29) is 172 Å². The molecule has 0 spiro atoms. The van der Waals surface area contributed by atoms with Crippen molar-refractivity contribution < 1.29 is 113 Å². The molecule has 1 aliphatic heterocycles. The first kappa shape index (κ1) is 116. The number of hydrogen-bond acceptors (Lipinski definition) is 20. The zero-order valence-corrected chi connectivity index (χ0v) is 82.4. The average molecular weight is 2020 g/mol. The van der Waals surface area contributed by atoms with Gasteiger partial charge in [0.25, 0.3) is 0 Å². The molecule has 5 fully saturated rings. The van der Waals surface area contributed by atoms with Gasteiger partial charge in [0.1, 0.15) is 60.1 Å². The summed E-state index contributed by atoms with van der Waals surface area (Å²) in [6, 6.07) is 71.4. The van der Waals surface area contributed by atoms with Gasteiger partial charge < -0.3 is 44.4 Å². The Morgan fingerprint density at radius 3 is 1.12 bits per heavy atom. The summed E-state index contributed by atoms with van der Waals surface area (Å²) in [6.45, 7) is 14.1. The Morgan fingerprint density at radius 2 is 0.785 bits per heavy atom. The number of ketones is 1. The van der Waals surface area contributed by atoms with E-state index in [1.165, 1.54) is 67.5 Å². The molecule has 5 aliphatic rings. The molecule has 4 aliphatic carbocycles. The second-order valence-electron chi connectivity index (χ2n) is 36.5. The number of pyridine rings is 2. The molecule has 4 saturated carbocycles. The van der Waals surface area contributed by atoms with Gasteiger partial charge in [-0.15, -0.1) is 23.2 Å². The zero-order chi connectivity index (χ0) is 104. The van der Waals surface area contributed by atoms with Crippen LogP contribution in [-0.2, 0) is 130 Å². The number of aliphatic imine (C=N–C) groups is 1. The molecule has 12 aromatic rings. The van der Waals surface area contributed by atoms with Gasteiger partial charge in [0.2, 0.25) is 12.4 Å². The fourth-order valence-corrected chi connectivity index (χ4v) is 15.1. The van der Waals surface area contributed by atoms with Gasteiger partial charge in [0.15, 0.2) is 0 Å². The lowest BCUT2D eigenvalue weighted by Gasteiger charge is -2.19. The highest BCUT2D eigenvalue weighted by molar-refractivity contribution is 6.40. The number of alkyl halides is 5. The minimum absolute atomic E-state index is 0. The van der Waals surface area contributed by atoms with Crippen molar-refractivity contribution in [3.05, 3.63) is 363 Å². The maximum absolute atomic E-state index is 13.2. The molecule has 2 aromatic heterocycles. The molecule has 8 atom stereocenters. The van der Waals surface area contributed by atoms with E-state index in [1.807, 2.05) is 193 Å². The number of aromatic nitrogens is 2. The van der Waals surface area contributed by atoms with Crippen molar-refractivity contribution in [3.63, 3.8) is 0 Å². The first-order valence-corrected chi connectivity index (χ1v) is 47.7. The van der Waals surface area contributed by atoms with Crippen LogP contribution in [0.2, 0.25) is 0 Å². The topological polar surface area (TPSA) is 314 Å². The number of aliphatic hydroxyl groups excluding tert-OH is 1. The van der Waals surface area contributed by atoms with E-state index in [1.54, 1.807) is 60.9 Å². The fourth-order valence-electron chi connectivity index (χ4n) is 15.1. The normalized spacial score (nSPS) is 16.7. The number of halogens is 9. The summed E-state index contributed by atoms with van der Waals surface area (Å²) in [5, 5.41) is 22.6. The summed E-state index contributed by atoms with van der Waals surface area (Å²) >= 11 is 9.53. The summed E-state index contributed by atoms with van der Waals surface area (Å²) in [5.74, 6) is -2.33.